The molecule has 0 amide bonds. The van der Waals surface area contributed by atoms with E-state index in [1.165, 1.54) is 44.2 Å². The molecule has 3 aliphatic rings. The normalized spacial score (nSPS) is 34.5. The lowest BCUT2D eigenvalue weighted by molar-refractivity contribution is 0.114. The van der Waals surface area contributed by atoms with Gasteiger partial charge in [-0.05, 0) is 62.3 Å². The lowest BCUT2D eigenvalue weighted by Gasteiger charge is -2.47. The molecule has 2 atom stereocenters. The molecular weight excluding hydrogens is 218 g/mol. The van der Waals surface area contributed by atoms with Crippen LogP contribution in [-0.4, -0.2) is 23.0 Å². The van der Waals surface area contributed by atoms with E-state index in [1.807, 2.05) is 0 Å². The summed E-state index contributed by atoms with van der Waals surface area (Å²) < 4.78 is 0. The number of fused-ring (bicyclic) bond motifs is 5. The van der Waals surface area contributed by atoms with Gasteiger partial charge in [0.25, 0.3) is 0 Å². The number of hydrogen-bond acceptors (Lipinski definition) is 1. The van der Waals surface area contributed by atoms with Crippen LogP contribution < -0.4 is 0 Å². The fourth-order valence-corrected chi connectivity index (χ4v) is 4.34. The van der Waals surface area contributed by atoms with Gasteiger partial charge >= 0.3 is 0 Å². The van der Waals surface area contributed by atoms with Crippen LogP contribution in [0.25, 0.3) is 5.57 Å². The van der Waals surface area contributed by atoms with Crippen LogP contribution in [0.1, 0.15) is 43.7 Å². The van der Waals surface area contributed by atoms with E-state index in [-0.39, 0.29) is 0 Å². The van der Waals surface area contributed by atoms with Gasteiger partial charge in [0.15, 0.2) is 0 Å². The Morgan fingerprint density at radius 2 is 2.17 bits per heavy atom. The maximum atomic E-state index is 2.80. The van der Waals surface area contributed by atoms with Crippen LogP contribution in [0.2, 0.25) is 0 Å². The lowest BCUT2D eigenvalue weighted by Crippen LogP contribution is -2.51. The van der Waals surface area contributed by atoms with Gasteiger partial charge in [-0.1, -0.05) is 30.3 Å². The molecule has 4 rings (SSSR count). The Labute approximate surface area is 109 Å². The number of hydrogen-bond donors (Lipinski definition) is 0. The zero-order valence-electron chi connectivity index (χ0n) is 11.2. The van der Waals surface area contributed by atoms with Crippen molar-refractivity contribution in [1.29, 1.82) is 0 Å². The first-order valence-corrected chi connectivity index (χ1v) is 7.33. The number of rotatable bonds is 0. The van der Waals surface area contributed by atoms with Gasteiger partial charge in [0.1, 0.15) is 0 Å². The van der Waals surface area contributed by atoms with Crippen molar-refractivity contribution >= 4 is 5.57 Å². The summed E-state index contributed by atoms with van der Waals surface area (Å²) in [5.74, 6) is 0. The first kappa shape index (κ1) is 10.8. The van der Waals surface area contributed by atoms with Crippen molar-refractivity contribution in [3.8, 4) is 0 Å². The third-order valence-corrected chi connectivity index (χ3v) is 5.32. The van der Waals surface area contributed by atoms with Crippen molar-refractivity contribution in [1.82, 2.24) is 4.90 Å². The van der Waals surface area contributed by atoms with Gasteiger partial charge in [-0.15, -0.1) is 0 Å². The van der Waals surface area contributed by atoms with Gasteiger partial charge in [0, 0.05) is 11.6 Å². The summed E-state index contributed by atoms with van der Waals surface area (Å²) in [6.07, 6.45) is 9.13. The molecule has 1 aliphatic carbocycles. The molecule has 1 nitrogen and oxygen atoms in total. The standard InChI is InChI=1S/C17H21N/c1-17-10-4-12-18(17)16-8-7-13-5-2-3-6-14(13)15(16)9-11-17/h2-3,5-6,9,16H,4,7-8,10-12H2,1H3/t16-,17+/m1/s1. The van der Waals surface area contributed by atoms with E-state index in [0.29, 0.717) is 11.6 Å². The van der Waals surface area contributed by atoms with E-state index >= 15 is 0 Å². The number of nitrogens with zero attached hydrogens (tertiary/aromatic N) is 1. The SMILES string of the molecule is C[C@]12CC=C3c4ccccc4CC[C@H]3N1CCC2. The molecule has 2 aliphatic heterocycles. The van der Waals surface area contributed by atoms with E-state index in [0.717, 1.165) is 0 Å². The van der Waals surface area contributed by atoms with Gasteiger partial charge in [0.2, 0.25) is 0 Å². The molecule has 1 heteroatoms. The zero-order chi connectivity index (χ0) is 12.2. The second kappa shape index (κ2) is 3.71. The molecule has 1 aromatic carbocycles. The minimum atomic E-state index is 0.459. The molecule has 0 N–H and O–H groups in total. The molecular formula is C17H21N. The predicted octanol–water partition coefficient (Wildman–Crippen LogP) is 3.64. The molecule has 2 heterocycles. The molecule has 1 aromatic rings. The Morgan fingerprint density at radius 3 is 3.11 bits per heavy atom. The first-order valence-electron chi connectivity index (χ1n) is 7.33. The van der Waals surface area contributed by atoms with Crippen molar-refractivity contribution in [2.24, 2.45) is 0 Å². The highest BCUT2D eigenvalue weighted by Gasteiger charge is 2.44. The Balaban J connectivity index is 1.81. The fraction of sp³-hybridized carbons (Fsp3) is 0.529. The lowest BCUT2D eigenvalue weighted by atomic mass is 9.77. The molecule has 0 saturated carbocycles. The number of benzene rings is 1. The minimum Gasteiger partial charge on any atom is -0.291 e. The van der Waals surface area contributed by atoms with Crippen LogP contribution in [0.5, 0.6) is 0 Å². The van der Waals surface area contributed by atoms with Crippen LogP contribution in [0.15, 0.2) is 30.3 Å². The molecule has 0 spiro atoms. The van der Waals surface area contributed by atoms with Crippen molar-refractivity contribution < 1.29 is 0 Å². The number of aryl methyl sites for hydroxylation is 1. The smallest absolute Gasteiger partial charge is 0.0359 e. The molecule has 0 bridgehead atoms. The van der Waals surface area contributed by atoms with Crippen molar-refractivity contribution in [3.05, 3.63) is 41.5 Å². The fourth-order valence-electron chi connectivity index (χ4n) is 4.34. The highest BCUT2D eigenvalue weighted by atomic mass is 15.2. The van der Waals surface area contributed by atoms with E-state index in [4.69, 9.17) is 0 Å². The van der Waals surface area contributed by atoms with Gasteiger partial charge < -0.3 is 0 Å². The van der Waals surface area contributed by atoms with Crippen LogP contribution in [0.3, 0.4) is 0 Å². The molecule has 0 aromatic heterocycles. The van der Waals surface area contributed by atoms with Crippen LogP contribution in [0, 0.1) is 0 Å². The molecule has 0 unspecified atom stereocenters. The van der Waals surface area contributed by atoms with Crippen molar-refractivity contribution in [3.63, 3.8) is 0 Å². The predicted molar refractivity (Wildman–Crippen MR) is 75.5 cm³/mol. The van der Waals surface area contributed by atoms with Gasteiger partial charge in [-0.25, -0.2) is 0 Å². The Morgan fingerprint density at radius 1 is 1.28 bits per heavy atom. The summed E-state index contributed by atoms with van der Waals surface area (Å²) in [7, 11) is 0. The third kappa shape index (κ3) is 1.37. The summed E-state index contributed by atoms with van der Waals surface area (Å²) in [5, 5.41) is 0. The van der Waals surface area contributed by atoms with E-state index < -0.39 is 0 Å². The average Bonchev–Trinajstić information content (AvgIpc) is 2.80. The Kier molecular flexibility index (Phi) is 2.23. The summed E-state index contributed by atoms with van der Waals surface area (Å²) in [4.78, 5) is 2.80. The van der Waals surface area contributed by atoms with Crippen molar-refractivity contribution in [2.75, 3.05) is 6.54 Å². The average molecular weight is 239 g/mol. The molecule has 0 radical (unpaired) electrons. The molecule has 1 fully saturated rings. The molecule has 18 heavy (non-hydrogen) atoms. The largest absolute Gasteiger partial charge is 0.291 e. The van der Waals surface area contributed by atoms with Gasteiger partial charge in [-0.3, -0.25) is 4.90 Å². The summed E-state index contributed by atoms with van der Waals surface area (Å²) >= 11 is 0. The minimum absolute atomic E-state index is 0.459. The van der Waals surface area contributed by atoms with Gasteiger partial charge in [-0.2, -0.15) is 0 Å². The van der Waals surface area contributed by atoms with Gasteiger partial charge in [0.05, 0.1) is 0 Å². The Hall–Kier alpha value is -1.08. The topological polar surface area (TPSA) is 3.24 Å². The summed E-state index contributed by atoms with van der Waals surface area (Å²) in [6, 6.07) is 9.71. The van der Waals surface area contributed by atoms with E-state index in [9.17, 15) is 0 Å². The first-order chi connectivity index (χ1) is 8.78. The van der Waals surface area contributed by atoms with E-state index in [2.05, 4.69) is 42.2 Å². The van der Waals surface area contributed by atoms with Crippen LogP contribution in [-0.2, 0) is 6.42 Å². The second-order valence-corrected chi connectivity index (χ2v) is 6.37. The molecule has 94 valence electrons. The molecule has 1 saturated heterocycles. The maximum Gasteiger partial charge on any atom is 0.0359 e. The quantitative estimate of drug-likeness (QED) is 0.668. The highest BCUT2D eigenvalue weighted by Crippen LogP contribution is 2.46. The second-order valence-electron chi connectivity index (χ2n) is 6.37. The maximum absolute atomic E-state index is 2.80. The Bertz CT molecular complexity index is 516. The van der Waals surface area contributed by atoms with Crippen LogP contribution >= 0.6 is 0 Å². The third-order valence-electron chi connectivity index (χ3n) is 5.32. The monoisotopic (exact) mass is 239 g/mol. The highest BCUT2D eigenvalue weighted by molar-refractivity contribution is 5.75. The van der Waals surface area contributed by atoms with E-state index in [1.54, 1.807) is 11.1 Å². The summed E-state index contributed by atoms with van der Waals surface area (Å²) in [5.41, 5.74) is 5.17. The summed E-state index contributed by atoms with van der Waals surface area (Å²) in [6.45, 7) is 3.77. The van der Waals surface area contributed by atoms with Crippen LogP contribution in [0.4, 0.5) is 0 Å². The zero-order valence-corrected chi connectivity index (χ0v) is 11.2. The van der Waals surface area contributed by atoms with Crippen molar-refractivity contribution in [2.45, 2.75) is 50.6 Å².